The molecule has 1 aromatic heterocycles. The van der Waals surface area contributed by atoms with Crippen LogP contribution in [0.5, 0.6) is 11.5 Å². The monoisotopic (exact) mass is 490 g/mol. The lowest BCUT2D eigenvalue weighted by Crippen LogP contribution is -2.41. The van der Waals surface area contributed by atoms with Gasteiger partial charge in [-0.05, 0) is 68.3 Å². The number of hydrogen-bond acceptors (Lipinski definition) is 7. The highest BCUT2D eigenvalue weighted by molar-refractivity contribution is 6.07. The molecule has 0 atom stereocenters. The number of carbonyl (C=O) groups is 3. The summed E-state index contributed by atoms with van der Waals surface area (Å²) in [5.41, 5.74) is 10.0. The maximum Gasteiger partial charge on any atom is 0.305 e. The van der Waals surface area contributed by atoms with Gasteiger partial charge >= 0.3 is 5.91 Å². The average molecular weight is 491 g/mol. The number of aryl methyl sites for hydroxylation is 1. The molecule has 1 aliphatic carbocycles. The lowest BCUT2D eigenvalue weighted by Gasteiger charge is -2.13. The van der Waals surface area contributed by atoms with Crippen LogP contribution in [0.1, 0.15) is 61.0 Å². The summed E-state index contributed by atoms with van der Waals surface area (Å²) in [5, 5.41) is 4.32. The van der Waals surface area contributed by atoms with E-state index in [1.165, 1.54) is 7.11 Å². The molecule has 0 bridgehead atoms. The van der Waals surface area contributed by atoms with Crippen LogP contribution in [0.2, 0.25) is 0 Å². The molecule has 0 unspecified atom stereocenters. The molecule has 1 heterocycles. The molecule has 0 saturated carbocycles. The lowest BCUT2D eigenvalue weighted by molar-refractivity contribution is 0.0829. The molecule has 3 N–H and O–H groups in total. The van der Waals surface area contributed by atoms with Gasteiger partial charge in [-0.25, -0.2) is 5.43 Å². The summed E-state index contributed by atoms with van der Waals surface area (Å²) in [6.07, 6.45) is 2.01. The van der Waals surface area contributed by atoms with Crippen LogP contribution in [0, 0.1) is 6.92 Å². The fraction of sp³-hybridized carbons (Fsp3) is 0.231. The Morgan fingerprint density at radius 2 is 1.36 bits per heavy atom. The molecule has 10 heteroatoms. The zero-order chi connectivity index (χ0) is 25.7. The Morgan fingerprint density at radius 1 is 0.806 bits per heavy atom. The zero-order valence-electron chi connectivity index (χ0n) is 20.1. The lowest BCUT2D eigenvalue weighted by atomic mass is 9.93. The van der Waals surface area contributed by atoms with Crippen molar-refractivity contribution in [3.05, 3.63) is 82.3 Å². The van der Waals surface area contributed by atoms with Crippen LogP contribution < -0.4 is 25.8 Å². The van der Waals surface area contributed by atoms with E-state index in [0.717, 1.165) is 6.42 Å². The predicted molar refractivity (Wildman–Crippen MR) is 131 cm³/mol. The normalized spacial score (nSPS) is 13.5. The third-order valence-corrected chi connectivity index (χ3v) is 5.82. The number of amides is 3. The van der Waals surface area contributed by atoms with Gasteiger partial charge in [0.25, 0.3) is 11.8 Å². The molecule has 10 nitrogen and oxygen atoms in total. The van der Waals surface area contributed by atoms with Crippen molar-refractivity contribution < 1.29 is 28.3 Å². The van der Waals surface area contributed by atoms with Gasteiger partial charge in [-0.1, -0.05) is 0 Å². The quantitative estimate of drug-likeness (QED) is 0.455. The molecule has 186 valence electrons. The first-order valence-electron chi connectivity index (χ1n) is 11.3. The summed E-state index contributed by atoms with van der Waals surface area (Å²) in [5.74, 6) is 0.514. The molecule has 0 radical (unpaired) electrons. The molecule has 3 amide bonds. The van der Waals surface area contributed by atoms with Crippen molar-refractivity contribution in [3.8, 4) is 11.5 Å². The molecule has 0 fully saturated rings. The number of hydrazine groups is 1. The van der Waals surface area contributed by atoms with E-state index in [-0.39, 0.29) is 11.7 Å². The van der Waals surface area contributed by atoms with Gasteiger partial charge in [0.2, 0.25) is 0 Å². The largest absolute Gasteiger partial charge is 0.497 e. The predicted octanol–water partition coefficient (Wildman–Crippen LogP) is 3.15. The molecule has 0 aliphatic heterocycles. The summed E-state index contributed by atoms with van der Waals surface area (Å²) in [6, 6.07) is 13.1. The molecule has 2 aromatic carbocycles. The van der Waals surface area contributed by atoms with Gasteiger partial charge in [-0.2, -0.15) is 5.10 Å². The fourth-order valence-corrected chi connectivity index (χ4v) is 3.91. The van der Waals surface area contributed by atoms with E-state index in [2.05, 4.69) is 21.4 Å². The number of nitrogens with one attached hydrogen (secondary N) is 3. The average Bonchev–Trinajstić information content (AvgIpc) is 3.27. The van der Waals surface area contributed by atoms with E-state index in [9.17, 15) is 14.4 Å². The number of hydrazone groups is 1. The van der Waals surface area contributed by atoms with Gasteiger partial charge in [0.15, 0.2) is 5.76 Å². The number of furan rings is 1. The van der Waals surface area contributed by atoms with Crippen LogP contribution in [0.4, 0.5) is 0 Å². The van der Waals surface area contributed by atoms with E-state index in [1.807, 2.05) is 0 Å². The first-order valence-corrected chi connectivity index (χ1v) is 11.3. The SMILES string of the molecule is COc1ccc(C(=O)N/N=C2\CCCc3oc(C(=O)NNC(=O)c4ccc(OC)cc4)c(C)c32)cc1. The van der Waals surface area contributed by atoms with Crippen molar-refractivity contribution in [3.63, 3.8) is 0 Å². The summed E-state index contributed by atoms with van der Waals surface area (Å²) in [6.45, 7) is 1.74. The van der Waals surface area contributed by atoms with Crippen molar-refractivity contribution in [1.82, 2.24) is 16.3 Å². The molecule has 1 aliphatic rings. The number of rotatable bonds is 6. The highest BCUT2D eigenvalue weighted by Gasteiger charge is 2.28. The molecule has 0 spiro atoms. The number of carbonyl (C=O) groups excluding carboxylic acids is 3. The maximum absolute atomic E-state index is 12.8. The van der Waals surface area contributed by atoms with Crippen molar-refractivity contribution in [2.24, 2.45) is 5.10 Å². The number of hydrogen-bond donors (Lipinski definition) is 3. The standard InChI is InChI=1S/C26H26N4O6/c1-15-22-20(27-28-24(31)16-7-11-18(34-2)12-8-16)5-4-6-21(22)36-23(15)26(33)30-29-25(32)17-9-13-19(35-3)14-10-17/h7-14H,4-6H2,1-3H3,(H,28,31)(H,29,32)(H,30,33)/b27-20+. The number of fused-ring (bicyclic) bond motifs is 1. The molecular weight excluding hydrogens is 464 g/mol. The van der Waals surface area contributed by atoms with Crippen LogP contribution in [-0.4, -0.2) is 37.7 Å². The van der Waals surface area contributed by atoms with E-state index in [1.54, 1.807) is 62.6 Å². The van der Waals surface area contributed by atoms with Crippen molar-refractivity contribution >= 4 is 23.4 Å². The highest BCUT2D eigenvalue weighted by atomic mass is 16.5. The van der Waals surface area contributed by atoms with Crippen LogP contribution in [0.3, 0.4) is 0 Å². The molecule has 3 aromatic rings. The van der Waals surface area contributed by atoms with Crippen LogP contribution in [0.25, 0.3) is 0 Å². The van der Waals surface area contributed by atoms with Gasteiger partial charge in [0.05, 0.1) is 19.9 Å². The van der Waals surface area contributed by atoms with E-state index >= 15 is 0 Å². The molecule has 4 rings (SSSR count). The highest BCUT2D eigenvalue weighted by Crippen LogP contribution is 2.29. The minimum atomic E-state index is -0.592. The Bertz CT molecular complexity index is 1310. The summed E-state index contributed by atoms with van der Waals surface area (Å²) >= 11 is 0. The minimum Gasteiger partial charge on any atom is -0.497 e. The second kappa shape index (κ2) is 10.8. The van der Waals surface area contributed by atoms with Crippen LogP contribution >= 0.6 is 0 Å². The zero-order valence-corrected chi connectivity index (χ0v) is 20.1. The Labute approximate surface area is 207 Å². The Balaban J connectivity index is 1.45. The van der Waals surface area contributed by atoms with E-state index < -0.39 is 11.8 Å². The fourth-order valence-electron chi connectivity index (χ4n) is 3.91. The van der Waals surface area contributed by atoms with Crippen LogP contribution in [0.15, 0.2) is 58.0 Å². The first-order chi connectivity index (χ1) is 17.4. The van der Waals surface area contributed by atoms with Crippen LogP contribution in [-0.2, 0) is 6.42 Å². The number of benzene rings is 2. The second-order valence-corrected chi connectivity index (χ2v) is 8.07. The van der Waals surface area contributed by atoms with Gasteiger partial charge in [0.1, 0.15) is 17.3 Å². The van der Waals surface area contributed by atoms with Gasteiger partial charge < -0.3 is 13.9 Å². The second-order valence-electron chi connectivity index (χ2n) is 8.07. The Kier molecular flexibility index (Phi) is 7.33. The molecule has 36 heavy (non-hydrogen) atoms. The smallest absolute Gasteiger partial charge is 0.305 e. The first kappa shape index (κ1) is 24.5. The minimum absolute atomic E-state index is 0.0751. The maximum atomic E-state index is 12.8. The number of ether oxygens (including phenoxy) is 2. The van der Waals surface area contributed by atoms with Crippen molar-refractivity contribution in [1.29, 1.82) is 0 Å². The Hall–Kier alpha value is -4.60. The van der Waals surface area contributed by atoms with Gasteiger partial charge in [-0.15, -0.1) is 0 Å². The summed E-state index contributed by atoms with van der Waals surface area (Å²) in [4.78, 5) is 37.6. The van der Waals surface area contributed by atoms with Crippen molar-refractivity contribution in [2.75, 3.05) is 14.2 Å². The van der Waals surface area contributed by atoms with Gasteiger partial charge in [-0.3, -0.25) is 25.2 Å². The number of methoxy groups -OCH3 is 2. The topological polar surface area (TPSA) is 131 Å². The van der Waals surface area contributed by atoms with Crippen molar-refractivity contribution in [2.45, 2.75) is 26.2 Å². The molecule has 0 saturated heterocycles. The van der Waals surface area contributed by atoms with E-state index in [4.69, 9.17) is 13.9 Å². The molecular formula is C26H26N4O6. The summed E-state index contributed by atoms with van der Waals surface area (Å²) < 4.78 is 16.0. The Morgan fingerprint density at radius 3 is 1.94 bits per heavy atom. The van der Waals surface area contributed by atoms with Gasteiger partial charge in [0, 0.05) is 28.7 Å². The van der Waals surface area contributed by atoms with E-state index in [0.29, 0.717) is 58.1 Å². The third kappa shape index (κ3) is 5.22. The number of nitrogens with zero attached hydrogens (tertiary/aromatic N) is 1. The third-order valence-electron chi connectivity index (χ3n) is 5.82. The summed E-state index contributed by atoms with van der Waals surface area (Å²) in [7, 11) is 3.09.